The normalized spacial score (nSPS) is 12.1. The van der Waals surface area contributed by atoms with Crippen molar-refractivity contribution < 1.29 is 28.2 Å². The van der Waals surface area contributed by atoms with E-state index in [1.54, 1.807) is 50.6 Å². The maximum Gasteiger partial charge on any atom is 0.258 e. The van der Waals surface area contributed by atoms with E-state index >= 15 is 0 Å². The molecule has 0 amide bonds. The third-order valence-electron chi connectivity index (χ3n) is 3.78. The largest absolute Gasteiger partial charge is 0.497 e. The predicted octanol–water partition coefficient (Wildman–Crippen LogP) is 3.06. The number of ether oxygens (including phenoxy) is 5. The second kappa shape index (κ2) is 6.83. The summed E-state index contributed by atoms with van der Waals surface area (Å²) in [4.78, 5) is 4.35. The molecule has 0 radical (unpaired) electrons. The first-order valence-electron chi connectivity index (χ1n) is 7.83. The Morgan fingerprint density at radius 2 is 1.69 bits per heavy atom. The van der Waals surface area contributed by atoms with Gasteiger partial charge in [0.2, 0.25) is 12.6 Å². The predicted molar refractivity (Wildman–Crippen MR) is 89.7 cm³/mol. The van der Waals surface area contributed by atoms with Gasteiger partial charge in [-0.25, -0.2) is 0 Å². The van der Waals surface area contributed by atoms with Crippen LogP contribution in [0.1, 0.15) is 5.82 Å². The van der Waals surface area contributed by atoms with Gasteiger partial charge >= 0.3 is 0 Å². The number of nitrogens with zero attached hydrogens (tertiary/aromatic N) is 2. The van der Waals surface area contributed by atoms with Gasteiger partial charge in [0.05, 0.1) is 14.2 Å². The molecule has 0 fully saturated rings. The number of rotatable bonds is 6. The summed E-state index contributed by atoms with van der Waals surface area (Å²) in [6.07, 6.45) is 0. The summed E-state index contributed by atoms with van der Waals surface area (Å²) in [5.74, 6) is 4.02. The zero-order valence-electron chi connectivity index (χ0n) is 14.2. The number of fused-ring (bicyclic) bond motifs is 1. The molecule has 134 valence electrons. The lowest BCUT2D eigenvalue weighted by Crippen LogP contribution is -1.97. The lowest BCUT2D eigenvalue weighted by atomic mass is 10.2. The molecule has 0 saturated carbocycles. The molecular formula is C18H16N2O6. The van der Waals surface area contributed by atoms with Crippen molar-refractivity contribution in [3.05, 3.63) is 42.2 Å². The summed E-state index contributed by atoms with van der Waals surface area (Å²) >= 11 is 0. The number of benzene rings is 2. The molecule has 3 aromatic rings. The van der Waals surface area contributed by atoms with E-state index in [1.165, 1.54) is 0 Å². The van der Waals surface area contributed by atoms with Crippen LogP contribution in [-0.4, -0.2) is 31.2 Å². The van der Waals surface area contributed by atoms with Gasteiger partial charge in [0.1, 0.15) is 17.2 Å². The van der Waals surface area contributed by atoms with Crippen LogP contribution in [0, 0.1) is 0 Å². The first-order valence-corrected chi connectivity index (χ1v) is 7.83. The van der Waals surface area contributed by atoms with E-state index in [2.05, 4.69) is 10.1 Å². The fourth-order valence-electron chi connectivity index (χ4n) is 2.48. The van der Waals surface area contributed by atoms with E-state index in [0.29, 0.717) is 46.0 Å². The molecule has 0 saturated heterocycles. The van der Waals surface area contributed by atoms with Gasteiger partial charge < -0.3 is 28.2 Å². The molecule has 8 nitrogen and oxygen atoms in total. The SMILES string of the molecule is COc1cc(OC)cc(-c2nc(COc3ccc4c(c3)OCO4)no2)c1. The minimum atomic E-state index is 0.157. The Labute approximate surface area is 149 Å². The second-order valence-electron chi connectivity index (χ2n) is 5.42. The van der Waals surface area contributed by atoms with Crippen molar-refractivity contribution in [2.75, 3.05) is 21.0 Å². The Hall–Kier alpha value is -3.42. The number of hydrogen-bond donors (Lipinski definition) is 0. The monoisotopic (exact) mass is 356 g/mol. The molecule has 0 bridgehead atoms. The van der Waals surface area contributed by atoms with Crippen LogP contribution in [0.5, 0.6) is 28.7 Å². The molecule has 0 unspecified atom stereocenters. The zero-order chi connectivity index (χ0) is 17.9. The molecule has 8 heteroatoms. The van der Waals surface area contributed by atoms with E-state index in [-0.39, 0.29) is 13.4 Å². The number of methoxy groups -OCH3 is 2. The van der Waals surface area contributed by atoms with Crippen LogP contribution in [-0.2, 0) is 6.61 Å². The van der Waals surface area contributed by atoms with Crippen molar-refractivity contribution in [2.24, 2.45) is 0 Å². The van der Waals surface area contributed by atoms with E-state index in [0.717, 1.165) is 0 Å². The summed E-state index contributed by atoms with van der Waals surface area (Å²) in [6, 6.07) is 10.7. The van der Waals surface area contributed by atoms with Crippen LogP contribution < -0.4 is 23.7 Å². The smallest absolute Gasteiger partial charge is 0.258 e. The van der Waals surface area contributed by atoms with Crippen molar-refractivity contribution in [3.63, 3.8) is 0 Å². The zero-order valence-corrected chi connectivity index (χ0v) is 14.2. The molecule has 2 heterocycles. The maximum atomic E-state index is 5.69. The van der Waals surface area contributed by atoms with Crippen LogP contribution in [0.4, 0.5) is 0 Å². The van der Waals surface area contributed by atoms with Gasteiger partial charge in [-0.05, 0) is 24.3 Å². The molecule has 4 rings (SSSR count). The van der Waals surface area contributed by atoms with E-state index in [4.69, 9.17) is 28.2 Å². The highest BCUT2D eigenvalue weighted by molar-refractivity contribution is 5.59. The second-order valence-corrected chi connectivity index (χ2v) is 5.42. The van der Waals surface area contributed by atoms with Crippen LogP contribution in [0.3, 0.4) is 0 Å². The first-order chi connectivity index (χ1) is 12.7. The van der Waals surface area contributed by atoms with E-state index in [1.807, 2.05) is 0 Å². The van der Waals surface area contributed by atoms with Gasteiger partial charge in [-0.15, -0.1) is 0 Å². The minimum absolute atomic E-state index is 0.157. The number of aromatic nitrogens is 2. The van der Waals surface area contributed by atoms with Crippen LogP contribution >= 0.6 is 0 Å². The third kappa shape index (κ3) is 3.21. The van der Waals surface area contributed by atoms with Crippen molar-refractivity contribution >= 4 is 0 Å². The van der Waals surface area contributed by atoms with Gasteiger partial charge in [-0.1, -0.05) is 5.16 Å². The molecule has 0 N–H and O–H groups in total. The number of hydrogen-bond acceptors (Lipinski definition) is 8. The van der Waals surface area contributed by atoms with Gasteiger partial charge in [-0.3, -0.25) is 0 Å². The Morgan fingerprint density at radius 3 is 2.46 bits per heavy atom. The van der Waals surface area contributed by atoms with Crippen molar-refractivity contribution in [1.82, 2.24) is 10.1 Å². The fourth-order valence-corrected chi connectivity index (χ4v) is 2.48. The third-order valence-corrected chi connectivity index (χ3v) is 3.78. The molecule has 0 atom stereocenters. The Morgan fingerprint density at radius 1 is 0.923 bits per heavy atom. The maximum absolute atomic E-state index is 5.69. The molecule has 0 spiro atoms. The van der Waals surface area contributed by atoms with E-state index in [9.17, 15) is 0 Å². The Balaban J connectivity index is 1.48. The highest BCUT2D eigenvalue weighted by Gasteiger charge is 2.15. The quantitative estimate of drug-likeness (QED) is 0.666. The minimum Gasteiger partial charge on any atom is -0.497 e. The average molecular weight is 356 g/mol. The lowest BCUT2D eigenvalue weighted by Gasteiger charge is -2.05. The van der Waals surface area contributed by atoms with Gasteiger partial charge in [0, 0.05) is 17.7 Å². The fraction of sp³-hybridized carbons (Fsp3) is 0.222. The summed E-state index contributed by atoms with van der Waals surface area (Å²) in [5, 5.41) is 3.94. The lowest BCUT2D eigenvalue weighted by molar-refractivity contribution is 0.173. The molecule has 26 heavy (non-hydrogen) atoms. The molecular weight excluding hydrogens is 340 g/mol. The molecule has 1 aliphatic heterocycles. The summed E-state index contributed by atoms with van der Waals surface area (Å²) < 4.78 is 32.1. The van der Waals surface area contributed by atoms with Gasteiger partial charge in [0.15, 0.2) is 18.1 Å². The molecule has 1 aromatic heterocycles. The summed E-state index contributed by atoms with van der Waals surface area (Å²) in [5.41, 5.74) is 0.697. The van der Waals surface area contributed by atoms with Crippen molar-refractivity contribution in [2.45, 2.75) is 6.61 Å². The molecule has 1 aliphatic rings. The molecule has 0 aliphatic carbocycles. The Bertz CT molecular complexity index is 902. The topological polar surface area (TPSA) is 85.1 Å². The summed E-state index contributed by atoms with van der Waals surface area (Å²) in [7, 11) is 3.16. The highest BCUT2D eigenvalue weighted by atomic mass is 16.7. The van der Waals surface area contributed by atoms with Crippen molar-refractivity contribution in [3.8, 4) is 40.2 Å². The van der Waals surface area contributed by atoms with Crippen molar-refractivity contribution in [1.29, 1.82) is 0 Å². The highest BCUT2D eigenvalue weighted by Crippen LogP contribution is 2.35. The van der Waals surface area contributed by atoms with Gasteiger partial charge in [-0.2, -0.15) is 4.98 Å². The molecule has 2 aromatic carbocycles. The van der Waals surface area contributed by atoms with Crippen LogP contribution in [0.15, 0.2) is 40.9 Å². The van der Waals surface area contributed by atoms with Gasteiger partial charge in [0.25, 0.3) is 5.89 Å². The summed E-state index contributed by atoms with van der Waals surface area (Å²) in [6.45, 7) is 0.376. The van der Waals surface area contributed by atoms with Crippen LogP contribution in [0.25, 0.3) is 11.5 Å². The Kier molecular flexibility index (Phi) is 4.22. The average Bonchev–Trinajstić information content (AvgIpc) is 3.34. The first kappa shape index (κ1) is 16.1. The standard InChI is InChI=1S/C18H16N2O6/c1-21-13-5-11(6-14(7-13)22-2)18-19-17(20-26-18)9-23-12-3-4-15-16(8-12)25-10-24-15/h3-8H,9-10H2,1-2H3. The van der Waals surface area contributed by atoms with E-state index < -0.39 is 0 Å². The van der Waals surface area contributed by atoms with Crippen LogP contribution in [0.2, 0.25) is 0 Å².